The molecule has 1 aromatic carbocycles. The summed E-state index contributed by atoms with van der Waals surface area (Å²) < 4.78 is 30.8. The number of sulfonamides is 1. The minimum Gasteiger partial charge on any atom is -0.495 e. The SMILES string of the molecule is COc1ccc(C(=O)Nc2ccc(Cl)c(C3(C)CS(=O)(=O)N(C)C(N)=N3)c2)nc1. The summed E-state index contributed by atoms with van der Waals surface area (Å²) in [5.41, 5.74) is 5.64. The molecule has 0 saturated heterocycles. The van der Waals surface area contributed by atoms with Crippen LogP contribution in [0.25, 0.3) is 0 Å². The molecule has 1 atom stereocenters. The number of benzene rings is 1. The summed E-state index contributed by atoms with van der Waals surface area (Å²) in [6.45, 7) is 1.63. The number of halogens is 1. The number of pyridine rings is 1. The van der Waals surface area contributed by atoms with E-state index < -0.39 is 21.5 Å². The summed E-state index contributed by atoms with van der Waals surface area (Å²) in [6.07, 6.45) is 1.43. The van der Waals surface area contributed by atoms with Crippen LogP contribution in [0.4, 0.5) is 5.69 Å². The first-order valence-electron chi connectivity index (χ1n) is 8.49. The number of guanidine groups is 1. The third-order valence-electron chi connectivity index (χ3n) is 4.57. The molecule has 1 aromatic heterocycles. The Morgan fingerprint density at radius 3 is 2.66 bits per heavy atom. The molecule has 1 unspecified atom stereocenters. The molecule has 0 bridgehead atoms. The number of rotatable bonds is 4. The number of nitrogens with two attached hydrogens (primary N) is 1. The van der Waals surface area contributed by atoms with Gasteiger partial charge in [-0.2, -0.15) is 0 Å². The fourth-order valence-electron chi connectivity index (χ4n) is 2.93. The number of methoxy groups -OCH3 is 1. The fraction of sp³-hybridized carbons (Fsp3) is 0.278. The molecule has 3 rings (SSSR count). The van der Waals surface area contributed by atoms with E-state index in [2.05, 4.69) is 15.3 Å². The standard InChI is InChI=1S/C18H20ClN5O4S/c1-18(10-29(26,27)24(2)17(20)23-18)13-8-11(4-6-14(13)19)22-16(25)15-7-5-12(28-3)9-21-15/h4-9H,10H2,1-3H3,(H2,20,23)(H,22,25). The summed E-state index contributed by atoms with van der Waals surface area (Å²) in [5.74, 6) is -0.354. The maximum Gasteiger partial charge on any atom is 0.274 e. The van der Waals surface area contributed by atoms with Crippen molar-refractivity contribution in [3.05, 3.63) is 52.8 Å². The summed E-state index contributed by atoms with van der Waals surface area (Å²) in [5, 5.41) is 3.03. The van der Waals surface area contributed by atoms with Crippen LogP contribution in [-0.2, 0) is 15.6 Å². The molecule has 2 aromatic rings. The van der Waals surface area contributed by atoms with E-state index in [1.165, 1.54) is 26.4 Å². The Morgan fingerprint density at radius 1 is 1.34 bits per heavy atom. The number of carbonyl (C=O) groups is 1. The number of aliphatic imine (C=N–C) groups is 1. The number of anilines is 1. The lowest BCUT2D eigenvalue weighted by molar-refractivity contribution is 0.102. The van der Waals surface area contributed by atoms with Crippen molar-refractivity contribution < 1.29 is 17.9 Å². The normalized spacial score (nSPS) is 20.7. The van der Waals surface area contributed by atoms with Gasteiger partial charge in [-0.15, -0.1) is 0 Å². The number of hydrogen-bond acceptors (Lipinski definition) is 7. The third kappa shape index (κ3) is 4.13. The Balaban J connectivity index is 1.93. The zero-order valence-electron chi connectivity index (χ0n) is 16.0. The van der Waals surface area contributed by atoms with Gasteiger partial charge in [-0.3, -0.25) is 4.79 Å². The van der Waals surface area contributed by atoms with Crippen molar-refractivity contribution in [2.75, 3.05) is 25.2 Å². The number of ether oxygens (including phenoxy) is 1. The lowest BCUT2D eigenvalue weighted by atomic mass is 9.94. The predicted octanol–water partition coefficient (Wildman–Crippen LogP) is 1.80. The smallest absolute Gasteiger partial charge is 0.274 e. The van der Waals surface area contributed by atoms with Gasteiger partial charge in [0, 0.05) is 23.3 Å². The number of nitrogens with zero attached hydrogens (tertiary/aromatic N) is 3. The van der Waals surface area contributed by atoms with Gasteiger partial charge >= 0.3 is 0 Å². The van der Waals surface area contributed by atoms with Crippen molar-refractivity contribution in [2.45, 2.75) is 12.5 Å². The van der Waals surface area contributed by atoms with E-state index in [4.69, 9.17) is 22.1 Å². The molecule has 0 saturated carbocycles. The second-order valence-corrected chi connectivity index (χ2v) is 9.11. The summed E-state index contributed by atoms with van der Waals surface area (Å²) >= 11 is 6.33. The van der Waals surface area contributed by atoms with Crippen LogP contribution in [0.2, 0.25) is 5.02 Å². The van der Waals surface area contributed by atoms with Crippen LogP contribution < -0.4 is 15.8 Å². The Bertz CT molecular complexity index is 1090. The lowest BCUT2D eigenvalue weighted by Crippen LogP contribution is -2.50. The van der Waals surface area contributed by atoms with Crippen molar-refractivity contribution in [1.29, 1.82) is 0 Å². The quantitative estimate of drug-likeness (QED) is 0.750. The average Bonchev–Trinajstić information content (AvgIpc) is 2.67. The van der Waals surface area contributed by atoms with Gasteiger partial charge in [-0.05, 0) is 37.3 Å². The van der Waals surface area contributed by atoms with E-state index in [0.29, 0.717) is 22.0 Å². The maximum absolute atomic E-state index is 12.5. The number of hydrogen-bond donors (Lipinski definition) is 2. The van der Waals surface area contributed by atoms with Crippen molar-refractivity contribution in [3.8, 4) is 5.75 Å². The van der Waals surface area contributed by atoms with Gasteiger partial charge in [0.05, 0.1) is 19.1 Å². The fourth-order valence-corrected chi connectivity index (χ4v) is 4.71. The highest BCUT2D eigenvalue weighted by molar-refractivity contribution is 7.89. The molecule has 29 heavy (non-hydrogen) atoms. The zero-order valence-corrected chi connectivity index (χ0v) is 17.6. The first-order chi connectivity index (χ1) is 13.6. The highest BCUT2D eigenvalue weighted by Gasteiger charge is 2.41. The molecule has 1 aliphatic heterocycles. The molecule has 11 heteroatoms. The zero-order chi connectivity index (χ0) is 21.4. The van der Waals surface area contributed by atoms with Gasteiger partial charge in [-0.1, -0.05) is 11.6 Å². The largest absolute Gasteiger partial charge is 0.495 e. The van der Waals surface area contributed by atoms with Crippen LogP contribution >= 0.6 is 11.6 Å². The molecule has 9 nitrogen and oxygen atoms in total. The topological polar surface area (TPSA) is 127 Å². The molecule has 1 amide bonds. The van der Waals surface area contributed by atoms with Gasteiger partial charge in [0.25, 0.3) is 5.91 Å². The van der Waals surface area contributed by atoms with Gasteiger partial charge in [0.15, 0.2) is 0 Å². The van der Waals surface area contributed by atoms with E-state index in [9.17, 15) is 13.2 Å². The van der Waals surface area contributed by atoms with Crippen LogP contribution in [0.5, 0.6) is 5.75 Å². The number of carbonyl (C=O) groups excluding carboxylic acids is 1. The second-order valence-electron chi connectivity index (χ2n) is 6.70. The Kier molecular flexibility index (Phi) is 5.42. The molecular weight excluding hydrogens is 418 g/mol. The maximum atomic E-state index is 12.5. The van der Waals surface area contributed by atoms with Crippen molar-refractivity contribution in [1.82, 2.24) is 9.29 Å². The number of aromatic nitrogens is 1. The van der Waals surface area contributed by atoms with Crippen LogP contribution in [0.3, 0.4) is 0 Å². The Hall–Kier alpha value is -2.85. The first kappa shape index (κ1) is 20.9. The Morgan fingerprint density at radius 2 is 2.07 bits per heavy atom. The number of amides is 1. The average molecular weight is 438 g/mol. The molecule has 0 aliphatic carbocycles. The summed E-state index contributed by atoms with van der Waals surface area (Å²) in [6, 6.07) is 7.91. The molecule has 3 N–H and O–H groups in total. The van der Waals surface area contributed by atoms with E-state index in [1.807, 2.05) is 0 Å². The minimum absolute atomic E-state index is 0.133. The highest BCUT2D eigenvalue weighted by atomic mass is 35.5. The first-order valence-corrected chi connectivity index (χ1v) is 10.5. The molecule has 0 spiro atoms. The molecular formula is C18H20ClN5O4S. The van der Waals surface area contributed by atoms with Crippen molar-refractivity contribution in [3.63, 3.8) is 0 Å². The lowest BCUT2D eigenvalue weighted by Gasteiger charge is -2.35. The summed E-state index contributed by atoms with van der Waals surface area (Å²) in [4.78, 5) is 20.8. The van der Waals surface area contributed by atoms with Crippen molar-refractivity contribution in [2.24, 2.45) is 10.7 Å². The second kappa shape index (κ2) is 7.53. The molecule has 2 heterocycles. The van der Waals surface area contributed by atoms with E-state index in [0.717, 1.165) is 4.31 Å². The van der Waals surface area contributed by atoms with Gasteiger partial charge in [0.1, 0.15) is 17.0 Å². The molecule has 154 valence electrons. The molecule has 0 radical (unpaired) electrons. The monoisotopic (exact) mass is 437 g/mol. The Labute approximate surface area is 173 Å². The minimum atomic E-state index is -3.66. The summed E-state index contributed by atoms with van der Waals surface area (Å²) in [7, 11) is -0.813. The van der Waals surface area contributed by atoms with Gasteiger partial charge in [0.2, 0.25) is 16.0 Å². The van der Waals surface area contributed by atoms with Crippen molar-refractivity contribution >= 4 is 39.2 Å². The van der Waals surface area contributed by atoms with Crippen LogP contribution in [0.15, 0.2) is 41.5 Å². The molecule has 0 fully saturated rings. The highest BCUT2D eigenvalue weighted by Crippen LogP contribution is 2.37. The van der Waals surface area contributed by atoms with E-state index >= 15 is 0 Å². The third-order valence-corrected chi connectivity index (χ3v) is 6.85. The van der Waals surface area contributed by atoms with Crippen LogP contribution in [-0.4, -0.2) is 49.5 Å². The number of nitrogens with one attached hydrogen (secondary N) is 1. The predicted molar refractivity (Wildman–Crippen MR) is 111 cm³/mol. The van der Waals surface area contributed by atoms with Gasteiger partial charge < -0.3 is 15.8 Å². The van der Waals surface area contributed by atoms with E-state index in [1.54, 1.807) is 31.2 Å². The van der Waals surface area contributed by atoms with Crippen LogP contribution in [0.1, 0.15) is 23.0 Å². The molecule has 1 aliphatic rings. The van der Waals surface area contributed by atoms with Gasteiger partial charge in [-0.25, -0.2) is 22.7 Å². The van der Waals surface area contributed by atoms with E-state index in [-0.39, 0.29) is 17.4 Å². The van der Waals surface area contributed by atoms with Crippen LogP contribution in [0, 0.1) is 0 Å².